The van der Waals surface area contributed by atoms with Crippen molar-refractivity contribution in [1.82, 2.24) is 9.29 Å². The van der Waals surface area contributed by atoms with Crippen LogP contribution in [0.3, 0.4) is 0 Å². The number of aromatic amines is 1. The van der Waals surface area contributed by atoms with E-state index in [1.165, 1.54) is 6.92 Å². The molecule has 7 nitrogen and oxygen atoms in total. The number of carboxylic acids is 1. The van der Waals surface area contributed by atoms with Crippen LogP contribution >= 0.6 is 11.3 Å². The molecule has 2 atom stereocenters. The molecule has 112 valence electrons. The lowest BCUT2D eigenvalue weighted by Crippen LogP contribution is -2.51. The van der Waals surface area contributed by atoms with Gasteiger partial charge in [-0.05, 0) is 25.7 Å². The van der Waals surface area contributed by atoms with Crippen LogP contribution in [0.2, 0.25) is 0 Å². The van der Waals surface area contributed by atoms with Gasteiger partial charge >= 0.3 is 10.8 Å². The zero-order chi connectivity index (χ0) is 15.1. The second-order valence-electron chi connectivity index (χ2n) is 4.95. The normalized spacial score (nSPS) is 24.7. The Kier molecular flexibility index (Phi) is 4.03. The third-order valence-corrected chi connectivity index (χ3v) is 6.93. The van der Waals surface area contributed by atoms with Gasteiger partial charge in [-0.2, -0.15) is 4.31 Å². The molecule has 1 aromatic heterocycles. The third kappa shape index (κ3) is 2.52. The largest absolute Gasteiger partial charge is 0.480 e. The van der Waals surface area contributed by atoms with Crippen molar-refractivity contribution in [1.29, 1.82) is 0 Å². The Hall–Kier alpha value is -1.19. The van der Waals surface area contributed by atoms with Crippen molar-refractivity contribution >= 4 is 27.3 Å². The Morgan fingerprint density at radius 3 is 2.65 bits per heavy atom. The lowest BCUT2D eigenvalue weighted by molar-refractivity contribution is -0.144. The molecule has 1 fully saturated rings. The van der Waals surface area contributed by atoms with Crippen LogP contribution in [0.5, 0.6) is 0 Å². The lowest BCUT2D eigenvalue weighted by atomic mass is 9.93. The number of carbonyl (C=O) groups is 1. The molecule has 0 bridgehead atoms. The van der Waals surface area contributed by atoms with E-state index in [0.29, 0.717) is 24.2 Å². The van der Waals surface area contributed by atoms with Gasteiger partial charge in [0.05, 0.1) is 0 Å². The lowest BCUT2D eigenvalue weighted by Gasteiger charge is -2.35. The highest BCUT2D eigenvalue weighted by Crippen LogP contribution is 2.31. The minimum Gasteiger partial charge on any atom is -0.480 e. The molecule has 20 heavy (non-hydrogen) atoms. The standard InChI is InChI=1S/C11H16N2O5S2/c1-6-4-3-5-13(8(6)9(14)15)20(17,18)10-7(2)12-11(16)19-10/h6,8H,3-5H2,1-2H3,(H,12,16)(H,14,15). The first-order valence-electron chi connectivity index (χ1n) is 6.19. The molecular weight excluding hydrogens is 304 g/mol. The van der Waals surface area contributed by atoms with E-state index in [0.717, 1.165) is 4.31 Å². The van der Waals surface area contributed by atoms with Crippen LogP contribution in [0.25, 0.3) is 0 Å². The van der Waals surface area contributed by atoms with Crippen LogP contribution in [0.15, 0.2) is 9.00 Å². The molecule has 0 aromatic carbocycles. The maximum atomic E-state index is 12.6. The summed E-state index contributed by atoms with van der Waals surface area (Å²) in [5.74, 6) is -1.41. The van der Waals surface area contributed by atoms with E-state index >= 15 is 0 Å². The van der Waals surface area contributed by atoms with Crippen molar-refractivity contribution in [2.75, 3.05) is 6.54 Å². The Morgan fingerprint density at radius 2 is 2.15 bits per heavy atom. The zero-order valence-electron chi connectivity index (χ0n) is 11.1. The minimum absolute atomic E-state index is 0.0946. The smallest absolute Gasteiger partial charge is 0.322 e. The number of aliphatic carboxylic acids is 1. The first kappa shape index (κ1) is 15.2. The number of hydrogen-bond donors (Lipinski definition) is 2. The molecule has 0 radical (unpaired) electrons. The maximum Gasteiger partial charge on any atom is 0.322 e. The Morgan fingerprint density at radius 1 is 1.50 bits per heavy atom. The van der Waals surface area contributed by atoms with Crippen LogP contribution in [-0.2, 0) is 14.8 Å². The zero-order valence-corrected chi connectivity index (χ0v) is 12.8. The number of aromatic nitrogens is 1. The van der Waals surface area contributed by atoms with E-state index in [9.17, 15) is 23.1 Å². The molecule has 0 amide bonds. The van der Waals surface area contributed by atoms with Crippen LogP contribution in [0.4, 0.5) is 0 Å². The average molecular weight is 320 g/mol. The number of nitrogens with zero attached hydrogens (tertiary/aromatic N) is 1. The van der Waals surface area contributed by atoms with Crippen molar-refractivity contribution in [3.63, 3.8) is 0 Å². The van der Waals surface area contributed by atoms with Crippen molar-refractivity contribution in [3.05, 3.63) is 15.4 Å². The molecule has 1 aromatic rings. The topological polar surface area (TPSA) is 108 Å². The van der Waals surface area contributed by atoms with Crippen LogP contribution in [-0.4, -0.2) is 41.4 Å². The van der Waals surface area contributed by atoms with E-state index < -0.39 is 26.9 Å². The molecule has 1 aliphatic heterocycles. The molecule has 2 N–H and O–H groups in total. The fraction of sp³-hybridized carbons (Fsp3) is 0.636. The van der Waals surface area contributed by atoms with Crippen LogP contribution in [0, 0.1) is 12.8 Å². The van der Waals surface area contributed by atoms with Crippen LogP contribution in [0.1, 0.15) is 25.5 Å². The molecule has 0 saturated carbocycles. The van der Waals surface area contributed by atoms with Gasteiger partial charge < -0.3 is 10.1 Å². The highest BCUT2D eigenvalue weighted by atomic mass is 32.2. The summed E-state index contributed by atoms with van der Waals surface area (Å²) in [4.78, 5) is 24.6. The fourth-order valence-corrected chi connectivity index (χ4v) is 5.66. The molecule has 1 saturated heterocycles. The Balaban J connectivity index is 2.49. The summed E-state index contributed by atoms with van der Waals surface area (Å²) in [5.41, 5.74) is 0.252. The van der Waals surface area contributed by atoms with Crippen molar-refractivity contribution in [3.8, 4) is 0 Å². The van der Waals surface area contributed by atoms with E-state index in [1.807, 2.05) is 0 Å². The predicted molar refractivity (Wildman–Crippen MR) is 73.4 cm³/mol. The summed E-state index contributed by atoms with van der Waals surface area (Å²) < 4.78 is 26.1. The van der Waals surface area contributed by atoms with Crippen molar-refractivity contribution in [2.24, 2.45) is 5.92 Å². The van der Waals surface area contributed by atoms with Crippen LogP contribution < -0.4 is 4.87 Å². The molecule has 2 rings (SSSR count). The first-order valence-corrected chi connectivity index (χ1v) is 8.45. The Labute approximate surface area is 120 Å². The molecule has 2 heterocycles. The number of thiazole rings is 1. The number of piperidine rings is 1. The molecule has 9 heteroatoms. The quantitative estimate of drug-likeness (QED) is 0.849. The summed E-state index contributed by atoms with van der Waals surface area (Å²) in [6.45, 7) is 3.38. The number of carboxylic acid groups (broad SMARTS) is 1. The molecule has 2 unspecified atom stereocenters. The third-order valence-electron chi connectivity index (χ3n) is 3.46. The van der Waals surface area contributed by atoms with Gasteiger partial charge in [0.25, 0.3) is 10.0 Å². The molecule has 1 aliphatic rings. The number of hydrogen-bond acceptors (Lipinski definition) is 5. The number of nitrogens with one attached hydrogen (secondary N) is 1. The minimum atomic E-state index is -3.96. The van der Waals surface area contributed by atoms with Crippen molar-refractivity contribution < 1.29 is 18.3 Å². The first-order chi connectivity index (χ1) is 9.25. The van der Waals surface area contributed by atoms with Gasteiger partial charge in [-0.25, -0.2) is 8.42 Å². The predicted octanol–water partition coefficient (Wildman–Crippen LogP) is 0.619. The highest BCUT2D eigenvalue weighted by Gasteiger charge is 2.42. The van der Waals surface area contributed by atoms with Gasteiger partial charge in [-0.15, -0.1) is 0 Å². The SMILES string of the molecule is Cc1[nH]c(=O)sc1S(=O)(=O)N1CCCC(C)C1C(=O)O. The van der Waals surface area contributed by atoms with Crippen molar-refractivity contribution in [2.45, 2.75) is 36.9 Å². The maximum absolute atomic E-state index is 12.6. The molecular formula is C11H16N2O5S2. The molecule has 0 aliphatic carbocycles. The number of rotatable bonds is 3. The summed E-state index contributed by atoms with van der Waals surface area (Å²) in [7, 11) is -3.96. The number of H-pyrrole nitrogens is 1. The Bertz CT molecular complexity index is 675. The monoisotopic (exact) mass is 320 g/mol. The van der Waals surface area contributed by atoms with E-state index in [2.05, 4.69) is 4.98 Å². The summed E-state index contributed by atoms with van der Waals surface area (Å²) in [6, 6.07) is -1.08. The van der Waals surface area contributed by atoms with E-state index in [4.69, 9.17) is 0 Å². The van der Waals surface area contributed by atoms with Gasteiger partial charge in [0, 0.05) is 12.2 Å². The van der Waals surface area contributed by atoms with Gasteiger partial charge in [-0.3, -0.25) is 9.59 Å². The van der Waals surface area contributed by atoms with Gasteiger partial charge in [0.15, 0.2) is 4.21 Å². The number of aryl methyl sites for hydroxylation is 1. The molecule has 0 spiro atoms. The highest BCUT2D eigenvalue weighted by molar-refractivity contribution is 7.91. The summed E-state index contributed by atoms with van der Waals surface area (Å²) in [5, 5.41) is 9.29. The van der Waals surface area contributed by atoms with E-state index in [-0.39, 0.29) is 22.4 Å². The summed E-state index contributed by atoms with van der Waals surface area (Å²) >= 11 is 0.596. The van der Waals surface area contributed by atoms with Gasteiger partial charge in [-0.1, -0.05) is 18.3 Å². The van der Waals surface area contributed by atoms with E-state index in [1.54, 1.807) is 6.92 Å². The summed E-state index contributed by atoms with van der Waals surface area (Å²) in [6.07, 6.45) is 1.29. The van der Waals surface area contributed by atoms with Gasteiger partial charge in [0.2, 0.25) is 0 Å². The van der Waals surface area contributed by atoms with Gasteiger partial charge in [0.1, 0.15) is 6.04 Å². The second-order valence-corrected chi connectivity index (χ2v) is 8.01. The average Bonchev–Trinajstić information content (AvgIpc) is 2.68. The fourth-order valence-electron chi connectivity index (χ4n) is 2.53. The second kappa shape index (κ2) is 5.30. The number of sulfonamides is 1.